The summed E-state index contributed by atoms with van der Waals surface area (Å²) in [6.07, 6.45) is 6.71. The van der Waals surface area contributed by atoms with Crippen LogP contribution in [0.2, 0.25) is 0 Å². The predicted octanol–water partition coefficient (Wildman–Crippen LogP) is 2.88. The predicted molar refractivity (Wildman–Crippen MR) is 88.1 cm³/mol. The Morgan fingerprint density at radius 1 is 0.708 bits per heavy atom. The van der Waals surface area contributed by atoms with Crippen molar-refractivity contribution in [3.63, 3.8) is 0 Å². The standard InChI is InChI=1S/C18H30O6/c1-22-16(19)9-5-13-4-6-14(7-10-17(20)23-2)15(12-13)8-11-18(21)24-3/h13-15H,4-12H2,1-3H3. The SMILES string of the molecule is COC(=O)CCC1CCC(CCC(=O)OC)C(CCC(=O)OC)C1. The summed E-state index contributed by atoms with van der Waals surface area (Å²) in [5.74, 6) is 0.719. The Kier molecular flexibility index (Phi) is 9.42. The molecule has 0 aromatic heterocycles. The fraction of sp³-hybridized carbons (Fsp3) is 0.833. The summed E-state index contributed by atoms with van der Waals surface area (Å²) >= 11 is 0. The lowest BCUT2D eigenvalue weighted by Crippen LogP contribution is -2.27. The Labute approximate surface area is 144 Å². The average Bonchev–Trinajstić information content (AvgIpc) is 2.62. The first-order chi connectivity index (χ1) is 11.5. The molecule has 0 aromatic rings. The number of esters is 3. The van der Waals surface area contributed by atoms with Crippen molar-refractivity contribution in [3.05, 3.63) is 0 Å². The van der Waals surface area contributed by atoms with Gasteiger partial charge in [-0.1, -0.05) is 6.42 Å². The highest BCUT2D eigenvalue weighted by atomic mass is 16.5. The molecule has 6 nitrogen and oxygen atoms in total. The van der Waals surface area contributed by atoms with Crippen molar-refractivity contribution in [2.75, 3.05) is 21.3 Å². The van der Waals surface area contributed by atoms with E-state index >= 15 is 0 Å². The van der Waals surface area contributed by atoms with Crippen LogP contribution in [0.5, 0.6) is 0 Å². The van der Waals surface area contributed by atoms with E-state index in [2.05, 4.69) is 0 Å². The smallest absolute Gasteiger partial charge is 0.305 e. The van der Waals surface area contributed by atoms with Gasteiger partial charge in [0.15, 0.2) is 0 Å². The van der Waals surface area contributed by atoms with Crippen molar-refractivity contribution in [2.45, 2.75) is 57.8 Å². The molecule has 1 aliphatic rings. The van der Waals surface area contributed by atoms with E-state index in [-0.39, 0.29) is 17.9 Å². The molecule has 0 bridgehead atoms. The molecule has 0 spiro atoms. The van der Waals surface area contributed by atoms with Crippen molar-refractivity contribution >= 4 is 17.9 Å². The lowest BCUT2D eigenvalue weighted by atomic mass is 9.69. The molecule has 1 fully saturated rings. The molecule has 0 N–H and O–H groups in total. The Balaban J connectivity index is 2.55. The molecule has 1 saturated carbocycles. The van der Waals surface area contributed by atoms with Gasteiger partial charge in [0.2, 0.25) is 0 Å². The maximum atomic E-state index is 11.5. The van der Waals surface area contributed by atoms with E-state index in [0.717, 1.165) is 38.5 Å². The Morgan fingerprint density at radius 3 is 1.67 bits per heavy atom. The summed E-state index contributed by atoms with van der Waals surface area (Å²) in [6, 6.07) is 0. The minimum atomic E-state index is -0.196. The zero-order valence-corrected chi connectivity index (χ0v) is 15.0. The van der Waals surface area contributed by atoms with Gasteiger partial charge in [0.05, 0.1) is 21.3 Å². The van der Waals surface area contributed by atoms with E-state index in [1.54, 1.807) is 0 Å². The van der Waals surface area contributed by atoms with Crippen LogP contribution in [0.25, 0.3) is 0 Å². The Morgan fingerprint density at radius 2 is 1.17 bits per heavy atom. The first kappa shape index (κ1) is 20.5. The molecule has 24 heavy (non-hydrogen) atoms. The summed E-state index contributed by atoms with van der Waals surface area (Å²) in [7, 11) is 4.21. The van der Waals surface area contributed by atoms with Gasteiger partial charge in [0, 0.05) is 19.3 Å². The Bertz CT molecular complexity index is 420. The highest BCUT2D eigenvalue weighted by Crippen LogP contribution is 2.40. The van der Waals surface area contributed by atoms with E-state index in [1.807, 2.05) is 0 Å². The topological polar surface area (TPSA) is 78.9 Å². The lowest BCUT2D eigenvalue weighted by Gasteiger charge is -2.36. The molecule has 3 unspecified atom stereocenters. The van der Waals surface area contributed by atoms with Crippen LogP contribution in [0, 0.1) is 17.8 Å². The molecule has 0 aromatic carbocycles. The number of rotatable bonds is 9. The average molecular weight is 342 g/mol. The first-order valence-electron chi connectivity index (χ1n) is 8.70. The van der Waals surface area contributed by atoms with Crippen molar-refractivity contribution in [1.29, 1.82) is 0 Å². The molecule has 0 saturated heterocycles. The Hall–Kier alpha value is -1.59. The minimum absolute atomic E-state index is 0.172. The molecule has 0 heterocycles. The largest absolute Gasteiger partial charge is 0.469 e. The lowest BCUT2D eigenvalue weighted by molar-refractivity contribution is -0.142. The van der Waals surface area contributed by atoms with Gasteiger partial charge in [-0.3, -0.25) is 14.4 Å². The van der Waals surface area contributed by atoms with Crippen LogP contribution in [-0.2, 0) is 28.6 Å². The fourth-order valence-electron chi connectivity index (χ4n) is 3.65. The van der Waals surface area contributed by atoms with Crippen LogP contribution in [0.3, 0.4) is 0 Å². The van der Waals surface area contributed by atoms with Gasteiger partial charge in [0.25, 0.3) is 0 Å². The summed E-state index contributed by atoms with van der Waals surface area (Å²) in [5, 5.41) is 0. The number of hydrogen-bond donors (Lipinski definition) is 0. The maximum Gasteiger partial charge on any atom is 0.305 e. The van der Waals surface area contributed by atoms with Crippen LogP contribution < -0.4 is 0 Å². The molecule has 0 aliphatic heterocycles. The first-order valence-corrected chi connectivity index (χ1v) is 8.70. The third-order valence-corrected chi connectivity index (χ3v) is 5.13. The van der Waals surface area contributed by atoms with Crippen LogP contribution in [-0.4, -0.2) is 39.2 Å². The van der Waals surface area contributed by atoms with Crippen molar-refractivity contribution in [2.24, 2.45) is 17.8 Å². The molecule has 0 radical (unpaired) electrons. The van der Waals surface area contributed by atoms with Gasteiger partial charge in [-0.25, -0.2) is 0 Å². The van der Waals surface area contributed by atoms with Gasteiger partial charge < -0.3 is 14.2 Å². The van der Waals surface area contributed by atoms with Gasteiger partial charge in [-0.05, 0) is 49.9 Å². The van der Waals surface area contributed by atoms with Crippen LogP contribution in [0.15, 0.2) is 0 Å². The van der Waals surface area contributed by atoms with Crippen LogP contribution in [0.4, 0.5) is 0 Å². The molecule has 3 atom stereocenters. The second kappa shape index (κ2) is 11.0. The molecule has 138 valence electrons. The normalized spacial score (nSPS) is 23.4. The second-order valence-electron chi connectivity index (χ2n) is 6.54. The van der Waals surface area contributed by atoms with Crippen molar-refractivity contribution in [1.82, 2.24) is 0 Å². The van der Waals surface area contributed by atoms with Gasteiger partial charge in [-0.15, -0.1) is 0 Å². The van der Waals surface area contributed by atoms with E-state index in [9.17, 15) is 14.4 Å². The number of methoxy groups -OCH3 is 3. The monoisotopic (exact) mass is 342 g/mol. The maximum absolute atomic E-state index is 11.5. The highest BCUT2D eigenvalue weighted by Gasteiger charge is 2.31. The molecule has 1 rings (SSSR count). The van der Waals surface area contributed by atoms with Gasteiger partial charge >= 0.3 is 17.9 Å². The minimum Gasteiger partial charge on any atom is -0.469 e. The number of ether oxygens (including phenoxy) is 3. The zero-order chi connectivity index (χ0) is 17.9. The summed E-state index contributed by atoms with van der Waals surface area (Å²) in [4.78, 5) is 34.2. The number of hydrogen-bond acceptors (Lipinski definition) is 6. The number of carbonyl (C=O) groups is 3. The molecular formula is C18H30O6. The summed E-state index contributed by atoms with van der Waals surface area (Å²) in [6.45, 7) is 0. The summed E-state index contributed by atoms with van der Waals surface area (Å²) < 4.78 is 14.2. The van der Waals surface area contributed by atoms with E-state index in [1.165, 1.54) is 21.3 Å². The van der Waals surface area contributed by atoms with Crippen LogP contribution >= 0.6 is 0 Å². The van der Waals surface area contributed by atoms with Crippen LogP contribution in [0.1, 0.15) is 57.8 Å². The third-order valence-electron chi connectivity index (χ3n) is 5.13. The summed E-state index contributed by atoms with van der Waals surface area (Å²) in [5.41, 5.74) is 0. The quantitative estimate of drug-likeness (QED) is 0.473. The molecule has 6 heteroatoms. The number of carbonyl (C=O) groups excluding carboxylic acids is 3. The van der Waals surface area contributed by atoms with E-state index < -0.39 is 0 Å². The van der Waals surface area contributed by atoms with E-state index in [4.69, 9.17) is 14.2 Å². The second-order valence-corrected chi connectivity index (χ2v) is 6.54. The third kappa shape index (κ3) is 7.32. The highest BCUT2D eigenvalue weighted by molar-refractivity contribution is 5.69. The fourth-order valence-corrected chi connectivity index (χ4v) is 3.65. The zero-order valence-electron chi connectivity index (χ0n) is 15.0. The molecular weight excluding hydrogens is 312 g/mol. The van der Waals surface area contributed by atoms with Gasteiger partial charge in [0.1, 0.15) is 0 Å². The van der Waals surface area contributed by atoms with Gasteiger partial charge in [-0.2, -0.15) is 0 Å². The van der Waals surface area contributed by atoms with Crippen molar-refractivity contribution < 1.29 is 28.6 Å². The van der Waals surface area contributed by atoms with Crippen molar-refractivity contribution in [3.8, 4) is 0 Å². The molecule has 1 aliphatic carbocycles. The van der Waals surface area contributed by atoms with E-state index in [0.29, 0.717) is 37.0 Å². The molecule has 0 amide bonds.